The smallest absolute Gasteiger partial charge is 0.359 e. The Labute approximate surface area is 168 Å². The first-order valence-corrected chi connectivity index (χ1v) is 10.4. The van der Waals surface area contributed by atoms with Gasteiger partial charge in [-0.1, -0.05) is 84.9 Å². The lowest BCUT2D eigenvalue weighted by Crippen LogP contribution is -2.60. The molecule has 3 aromatic rings. The van der Waals surface area contributed by atoms with Crippen LogP contribution in [0.25, 0.3) is 0 Å². The van der Waals surface area contributed by atoms with Crippen LogP contribution in [0.5, 0.6) is 0 Å². The molecule has 2 aliphatic rings. The second-order valence-corrected chi connectivity index (χ2v) is 8.52. The summed E-state index contributed by atoms with van der Waals surface area (Å²) in [5.41, 5.74) is 4.77. The second kappa shape index (κ2) is 6.61. The molecule has 3 heteroatoms. The van der Waals surface area contributed by atoms with Crippen molar-refractivity contribution in [3.63, 3.8) is 0 Å². The molecule has 0 aromatic heterocycles. The van der Waals surface area contributed by atoms with E-state index in [1.54, 1.807) is 0 Å². The van der Waals surface area contributed by atoms with Crippen molar-refractivity contribution in [2.24, 2.45) is 0 Å². The van der Waals surface area contributed by atoms with Gasteiger partial charge in [-0.05, 0) is 23.6 Å². The van der Waals surface area contributed by atoms with E-state index in [0.717, 1.165) is 10.9 Å². The molecule has 0 unspecified atom stereocenters. The standard InChI is InChI=1S/C25H27BNO/c1-20-12-9-10-17-23(20)26-27(2)19-11-18-24(27)25(28-26,21-13-5-3-6-14-21)22-15-7-4-8-16-22/h3-10,12-17,24H,11,18-19H2,1-2H3/q+1/t24-,27-/m1/s1. The third-order valence-electron chi connectivity index (χ3n) is 6.99. The third-order valence-corrected chi connectivity index (χ3v) is 6.99. The largest absolute Gasteiger partial charge is 0.612 e. The average Bonchev–Trinajstić information content (AvgIpc) is 3.24. The van der Waals surface area contributed by atoms with E-state index in [1.807, 2.05) is 0 Å². The van der Waals surface area contributed by atoms with Gasteiger partial charge in [0, 0.05) is 18.3 Å². The van der Waals surface area contributed by atoms with E-state index in [4.69, 9.17) is 4.65 Å². The molecule has 0 amide bonds. The highest BCUT2D eigenvalue weighted by molar-refractivity contribution is 6.61. The summed E-state index contributed by atoms with van der Waals surface area (Å²) in [4.78, 5) is 0. The Morgan fingerprint density at radius 2 is 1.43 bits per heavy atom. The van der Waals surface area contributed by atoms with Crippen molar-refractivity contribution in [2.45, 2.75) is 31.4 Å². The molecule has 2 atom stereocenters. The van der Waals surface area contributed by atoms with Crippen molar-refractivity contribution in [2.75, 3.05) is 13.6 Å². The molecule has 140 valence electrons. The fraction of sp³-hybridized carbons (Fsp3) is 0.280. The second-order valence-electron chi connectivity index (χ2n) is 8.52. The highest BCUT2D eigenvalue weighted by atomic mass is 16.5. The van der Waals surface area contributed by atoms with Crippen molar-refractivity contribution < 1.29 is 9.05 Å². The molecular formula is C25H27BNO+. The first-order chi connectivity index (χ1) is 13.7. The first-order valence-electron chi connectivity index (χ1n) is 10.4. The normalized spacial score (nSPS) is 25.6. The van der Waals surface area contributed by atoms with Gasteiger partial charge in [0.2, 0.25) is 0 Å². The Bertz CT molecular complexity index is 935. The minimum atomic E-state index is -0.416. The van der Waals surface area contributed by atoms with Crippen LogP contribution in [-0.2, 0) is 10.3 Å². The zero-order valence-electron chi connectivity index (χ0n) is 16.7. The summed E-state index contributed by atoms with van der Waals surface area (Å²) in [6.45, 7) is 3.37. The van der Waals surface area contributed by atoms with Crippen LogP contribution in [0.3, 0.4) is 0 Å². The van der Waals surface area contributed by atoms with Crippen molar-refractivity contribution in [1.82, 2.24) is 0 Å². The van der Waals surface area contributed by atoms with E-state index in [1.165, 1.54) is 35.0 Å². The maximum Gasteiger partial charge on any atom is 0.612 e. The Hall–Kier alpha value is -2.36. The number of rotatable bonds is 3. The molecule has 3 aromatic carbocycles. The van der Waals surface area contributed by atoms with Crippen LogP contribution in [-0.4, -0.2) is 31.1 Å². The van der Waals surface area contributed by atoms with E-state index in [-0.39, 0.29) is 7.05 Å². The molecule has 0 saturated carbocycles. The first kappa shape index (κ1) is 17.7. The summed E-state index contributed by atoms with van der Waals surface area (Å²) in [5, 5.41) is 0. The highest BCUT2D eigenvalue weighted by Gasteiger charge is 2.69. The van der Waals surface area contributed by atoms with Crippen LogP contribution in [0.4, 0.5) is 0 Å². The quantitative estimate of drug-likeness (QED) is 0.628. The van der Waals surface area contributed by atoms with Crippen molar-refractivity contribution in [3.8, 4) is 0 Å². The van der Waals surface area contributed by atoms with Gasteiger partial charge in [-0.25, -0.2) is 0 Å². The minimum absolute atomic E-state index is 0.0501. The minimum Gasteiger partial charge on any atom is -0.359 e. The summed E-state index contributed by atoms with van der Waals surface area (Å²) in [5.74, 6) is 0. The monoisotopic (exact) mass is 368 g/mol. The number of benzene rings is 3. The summed E-state index contributed by atoms with van der Waals surface area (Å²) < 4.78 is 8.18. The molecule has 5 rings (SSSR count). The van der Waals surface area contributed by atoms with E-state index in [2.05, 4.69) is 98.9 Å². The van der Waals surface area contributed by atoms with Gasteiger partial charge in [0.05, 0.1) is 13.6 Å². The SMILES string of the molecule is Cc1ccccc1B1OC(c2ccccc2)(c2ccccc2)[C@H]2CCC[N@@+]12C. The lowest BCUT2D eigenvalue weighted by molar-refractivity contribution is -0.815. The zero-order valence-corrected chi connectivity index (χ0v) is 16.7. The Morgan fingerprint density at radius 1 is 0.857 bits per heavy atom. The van der Waals surface area contributed by atoms with Crippen LogP contribution < -0.4 is 5.46 Å². The molecule has 28 heavy (non-hydrogen) atoms. The lowest BCUT2D eigenvalue weighted by Gasteiger charge is -2.38. The molecule has 0 aliphatic carbocycles. The lowest BCUT2D eigenvalue weighted by atomic mass is 9.67. The van der Waals surface area contributed by atoms with Crippen molar-refractivity contribution >= 4 is 12.5 Å². The van der Waals surface area contributed by atoms with Gasteiger partial charge in [-0.3, -0.25) is 0 Å². The molecule has 0 N–H and O–H groups in total. The number of quaternary nitrogens is 1. The summed E-state index contributed by atoms with van der Waals surface area (Å²) in [7, 11) is 2.46. The van der Waals surface area contributed by atoms with Gasteiger partial charge in [-0.15, -0.1) is 0 Å². The molecule has 2 saturated heterocycles. The van der Waals surface area contributed by atoms with Crippen LogP contribution in [0.15, 0.2) is 84.9 Å². The number of hydrogen-bond donors (Lipinski definition) is 0. The highest BCUT2D eigenvalue weighted by Crippen LogP contribution is 2.52. The molecule has 0 radical (unpaired) electrons. The van der Waals surface area contributed by atoms with E-state index < -0.39 is 5.60 Å². The third kappa shape index (κ3) is 2.43. The average molecular weight is 368 g/mol. The van der Waals surface area contributed by atoms with Crippen LogP contribution in [0.1, 0.15) is 29.5 Å². The van der Waals surface area contributed by atoms with E-state index >= 15 is 0 Å². The summed E-state index contributed by atoms with van der Waals surface area (Å²) in [6, 6.07) is 30.9. The van der Waals surface area contributed by atoms with Gasteiger partial charge in [0.1, 0.15) is 6.04 Å². The van der Waals surface area contributed by atoms with Gasteiger partial charge in [0.25, 0.3) is 0 Å². The number of aryl methyl sites for hydroxylation is 1. The Balaban J connectivity index is 1.75. The maximum absolute atomic E-state index is 7.23. The number of hydrogen-bond acceptors (Lipinski definition) is 1. The van der Waals surface area contributed by atoms with Crippen LogP contribution in [0, 0.1) is 6.92 Å². The number of nitrogens with zero attached hydrogens (tertiary/aromatic N) is 1. The summed E-state index contributed by atoms with van der Waals surface area (Å²) in [6.07, 6.45) is 2.43. The van der Waals surface area contributed by atoms with Gasteiger partial charge < -0.3 is 9.05 Å². The fourth-order valence-electron chi connectivity index (χ4n) is 5.65. The summed E-state index contributed by atoms with van der Waals surface area (Å²) >= 11 is 0. The number of likely N-dealkylation sites (N-methyl/N-ethyl adjacent to an activating group) is 1. The molecule has 0 spiro atoms. The van der Waals surface area contributed by atoms with Gasteiger partial charge in [-0.2, -0.15) is 0 Å². The maximum atomic E-state index is 7.23. The van der Waals surface area contributed by atoms with E-state index in [9.17, 15) is 0 Å². The van der Waals surface area contributed by atoms with Gasteiger partial charge >= 0.3 is 7.05 Å². The predicted molar refractivity (Wildman–Crippen MR) is 115 cm³/mol. The van der Waals surface area contributed by atoms with Crippen LogP contribution >= 0.6 is 0 Å². The fourth-order valence-corrected chi connectivity index (χ4v) is 5.65. The van der Waals surface area contributed by atoms with Crippen molar-refractivity contribution in [3.05, 3.63) is 102 Å². The number of fused-ring (bicyclic) bond motifs is 1. The molecule has 0 bridgehead atoms. The topological polar surface area (TPSA) is 9.23 Å². The molecule has 2 nitrogen and oxygen atoms in total. The van der Waals surface area contributed by atoms with Crippen molar-refractivity contribution in [1.29, 1.82) is 0 Å². The predicted octanol–water partition coefficient (Wildman–Crippen LogP) is 4.27. The van der Waals surface area contributed by atoms with Crippen LogP contribution in [0.2, 0.25) is 0 Å². The van der Waals surface area contributed by atoms with E-state index in [0.29, 0.717) is 6.04 Å². The Kier molecular flexibility index (Phi) is 4.19. The molecule has 2 aliphatic heterocycles. The molecule has 2 fully saturated rings. The zero-order chi connectivity index (χ0) is 19.2. The molecule has 2 heterocycles. The van der Waals surface area contributed by atoms with Gasteiger partial charge in [0.15, 0.2) is 5.60 Å². The molecular weight excluding hydrogens is 341 g/mol. The Morgan fingerprint density at radius 3 is 2.04 bits per heavy atom.